The van der Waals surface area contributed by atoms with E-state index in [-0.39, 0.29) is 0 Å². The molecule has 0 aliphatic rings. The second kappa shape index (κ2) is 35.9. The van der Waals surface area contributed by atoms with E-state index in [1.54, 1.807) is 0 Å². The van der Waals surface area contributed by atoms with Crippen molar-refractivity contribution in [3.05, 3.63) is 48.5 Å². The van der Waals surface area contributed by atoms with E-state index < -0.39 is 0 Å². The van der Waals surface area contributed by atoms with Gasteiger partial charge < -0.3 is 27.4 Å². The third-order valence-electron chi connectivity index (χ3n) is 14.7. The molecule has 0 spiro atoms. The maximum absolute atomic E-state index is 6.11. The fourth-order valence-corrected chi connectivity index (χ4v) is 9.81. The Morgan fingerprint density at radius 2 is 0.455 bits per heavy atom. The summed E-state index contributed by atoms with van der Waals surface area (Å²) in [6.07, 6.45) is 37.7. The fraction of sp³-hybridized carbons (Fsp3) is 0.800. The summed E-state index contributed by atoms with van der Waals surface area (Å²) >= 11 is 0. The highest BCUT2D eigenvalue weighted by Gasteiger charge is 2.18. The first-order chi connectivity index (χ1) is 31.7. The molecule has 0 saturated carbocycles. The SMILES string of the molecule is CCCCCC[N+](C)(C)CCCCCC[N+](C)(C)CCCCCCCCOc1ccc(-c2ccc(OCCCCCCCC[N+](C)(C)CCCCCC[N+](C)(C)CCCCCC)cc2)cc1. The summed E-state index contributed by atoms with van der Waals surface area (Å²) in [6.45, 7) is 16.9. The monoisotopic (exact) mass is 923 g/mol. The van der Waals surface area contributed by atoms with Gasteiger partial charge in [-0.1, -0.05) is 102 Å². The normalized spacial score (nSPS) is 12.6. The smallest absolute Gasteiger partial charge is 0.119 e. The number of unbranched alkanes of at least 4 members (excludes halogenated alkanes) is 22. The Kier molecular flexibility index (Phi) is 32.6. The zero-order chi connectivity index (χ0) is 48.3. The number of nitrogens with zero attached hydrogens (tertiary/aromatic N) is 4. The molecule has 0 saturated heterocycles. The van der Waals surface area contributed by atoms with Crippen molar-refractivity contribution in [1.29, 1.82) is 0 Å². The molecule has 6 nitrogen and oxygen atoms in total. The van der Waals surface area contributed by atoms with Gasteiger partial charge in [0, 0.05) is 0 Å². The Labute approximate surface area is 412 Å². The Morgan fingerprint density at radius 1 is 0.258 bits per heavy atom. The number of quaternary nitrogens is 4. The molecule has 6 heteroatoms. The summed E-state index contributed by atoms with van der Waals surface area (Å²) in [6, 6.07) is 17.2. The lowest BCUT2D eigenvalue weighted by atomic mass is 10.1. The van der Waals surface area contributed by atoms with Gasteiger partial charge in [-0.15, -0.1) is 0 Å². The highest BCUT2D eigenvalue weighted by atomic mass is 16.5. The van der Waals surface area contributed by atoms with Crippen LogP contribution in [-0.2, 0) is 0 Å². The Hall–Kier alpha value is -2.12. The van der Waals surface area contributed by atoms with E-state index in [0.29, 0.717) is 0 Å². The predicted molar refractivity (Wildman–Crippen MR) is 291 cm³/mol. The van der Waals surface area contributed by atoms with Crippen LogP contribution in [0, 0.1) is 0 Å². The van der Waals surface area contributed by atoms with Gasteiger partial charge in [0.2, 0.25) is 0 Å². The molecule has 0 fully saturated rings. The lowest BCUT2D eigenvalue weighted by Crippen LogP contribution is -2.41. The summed E-state index contributed by atoms with van der Waals surface area (Å²) < 4.78 is 17.0. The van der Waals surface area contributed by atoms with Crippen molar-refractivity contribution < 1.29 is 27.4 Å². The van der Waals surface area contributed by atoms with Gasteiger partial charge in [-0.05, 0) is 151 Å². The van der Waals surface area contributed by atoms with Crippen molar-refractivity contribution in [2.45, 2.75) is 194 Å². The first kappa shape index (κ1) is 60.0. The van der Waals surface area contributed by atoms with Crippen LogP contribution in [0.5, 0.6) is 11.5 Å². The molecule has 0 bridgehead atoms. The van der Waals surface area contributed by atoms with Crippen LogP contribution >= 0.6 is 0 Å². The van der Waals surface area contributed by atoms with Gasteiger partial charge in [0.15, 0.2) is 0 Å². The van der Waals surface area contributed by atoms with Gasteiger partial charge in [0.25, 0.3) is 0 Å². The molecule has 0 aliphatic heterocycles. The number of benzene rings is 2. The molecule has 382 valence electrons. The van der Waals surface area contributed by atoms with Gasteiger partial charge in [-0.2, -0.15) is 0 Å². The van der Waals surface area contributed by atoms with E-state index in [1.165, 1.54) is 248 Å². The van der Waals surface area contributed by atoms with E-state index in [0.717, 1.165) is 37.6 Å². The van der Waals surface area contributed by atoms with E-state index in [2.05, 4.69) is 119 Å². The lowest BCUT2D eigenvalue weighted by molar-refractivity contribution is -0.891. The van der Waals surface area contributed by atoms with Gasteiger partial charge in [-0.25, -0.2) is 0 Å². The Morgan fingerprint density at radius 3 is 0.682 bits per heavy atom. The predicted octanol–water partition coefficient (Wildman–Crippen LogP) is 15.4. The van der Waals surface area contributed by atoms with Crippen LogP contribution < -0.4 is 9.47 Å². The van der Waals surface area contributed by atoms with Crippen molar-refractivity contribution in [3.8, 4) is 22.6 Å². The van der Waals surface area contributed by atoms with Gasteiger partial charge in [0.1, 0.15) is 11.5 Å². The third-order valence-corrected chi connectivity index (χ3v) is 14.7. The van der Waals surface area contributed by atoms with Gasteiger partial charge >= 0.3 is 0 Å². The number of ether oxygens (including phenoxy) is 2. The zero-order valence-electron chi connectivity index (χ0n) is 46.1. The average Bonchev–Trinajstić information content (AvgIpc) is 3.28. The molecule has 0 aliphatic carbocycles. The second-order valence-electron chi connectivity index (χ2n) is 23.5. The summed E-state index contributed by atoms with van der Waals surface area (Å²) in [4.78, 5) is 0. The van der Waals surface area contributed by atoms with E-state index in [9.17, 15) is 0 Å². The Balaban J connectivity index is 1.43. The summed E-state index contributed by atoms with van der Waals surface area (Å²) in [5, 5.41) is 0. The molecular weight excluding hydrogens is 809 g/mol. The molecule has 2 aromatic carbocycles. The van der Waals surface area contributed by atoms with Gasteiger partial charge in [0.05, 0.1) is 122 Å². The molecule has 0 radical (unpaired) electrons. The molecule has 0 amide bonds. The maximum Gasteiger partial charge on any atom is 0.119 e. The lowest BCUT2D eigenvalue weighted by Gasteiger charge is -2.31. The quantitative estimate of drug-likeness (QED) is 0.0487. The molecule has 0 heterocycles. The average molecular weight is 924 g/mol. The van der Waals surface area contributed by atoms with E-state index in [1.807, 2.05) is 0 Å². The van der Waals surface area contributed by atoms with E-state index in [4.69, 9.17) is 9.47 Å². The molecule has 0 N–H and O–H groups in total. The van der Waals surface area contributed by atoms with Crippen LogP contribution in [0.15, 0.2) is 48.5 Å². The molecule has 0 unspecified atom stereocenters. The topological polar surface area (TPSA) is 18.5 Å². The molecular formula is C60H114N4O2+4. The molecule has 2 aromatic rings. The van der Waals surface area contributed by atoms with Crippen molar-refractivity contribution in [1.82, 2.24) is 0 Å². The number of hydrogen-bond acceptors (Lipinski definition) is 2. The first-order valence-corrected chi connectivity index (χ1v) is 28.4. The first-order valence-electron chi connectivity index (χ1n) is 28.4. The highest BCUT2D eigenvalue weighted by molar-refractivity contribution is 5.64. The summed E-state index contributed by atoms with van der Waals surface area (Å²) in [5.41, 5.74) is 2.44. The van der Waals surface area contributed by atoms with Crippen LogP contribution in [0.3, 0.4) is 0 Å². The van der Waals surface area contributed by atoms with Crippen molar-refractivity contribution >= 4 is 0 Å². The fourth-order valence-electron chi connectivity index (χ4n) is 9.81. The molecule has 0 aromatic heterocycles. The maximum atomic E-state index is 6.11. The van der Waals surface area contributed by atoms with Crippen LogP contribution in [-0.4, -0.2) is 140 Å². The Bertz CT molecular complexity index is 1300. The zero-order valence-corrected chi connectivity index (χ0v) is 46.1. The third kappa shape index (κ3) is 32.6. The van der Waals surface area contributed by atoms with Crippen molar-refractivity contribution in [3.63, 3.8) is 0 Å². The van der Waals surface area contributed by atoms with Crippen LogP contribution in [0.1, 0.15) is 194 Å². The summed E-state index contributed by atoms with van der Waals surface area (Å²) in [7, 11) is 19.5. The number of rotatable bonds is 45. The van der Waals surface area contributed by atoms with Crippen LogP contribution in [0.25, 0.3) is 11.1 Å². The molecule has 0 atom stereocenters. The van der Waals surface area contributed by atoms with Crippen LogP contribution in [0.4, 0.5) is 0 Å². The minimum absolute atomic E-state index is 0.806. The number of hydrogen-bond donors (Lipinski definition) is 0. The molecule has 66 heavy (non-hydrogen) atoms. The highest BCUT2D eigenvalue weighted by Crippen LogP contribution is 2.25. The van der Waals surface area contributed by atoms with Crippen LogP contribution in [0.2, 0.25) is 0 Å². The largest absolute Gasteiger partial charge is 0.494 e. The molecule has 2 rings (SSSR count). The summed E-state index contributed by atoms with van der Waals surface area (Å²) in [5.74, 6) is 1.95. The minimum Gasteiger partial charge on any atom is -0.494 e. The second-order valence-corrected chi connectivity index (χ2v) is 23.5. The van der Waals surface area contributed by atoms with Crippen molar-refractivity contribution in [2.75, 3.05) is 122 Å². The minimum atomic E-state index is 0.806. The standard InChI is InChI=1S/C60H114N4O2/c1-11-13-15-29-47-61(3,4)51-33-23-25-35-53-63(7,8)49-31-21-17-19-27-37-55-65-59-43-39-57(40-44-59)58-41-45-60(46-42-58)66-56-38-28-20-18-22-32-50-64(9,10)54-36-26-24-34-52-62(5,6)48-30-16-14-12-2/h39-46H,11-38,47-56H2,1-10H3/q+4. The van der Waals surface area contributed by atoms with Crippen molar-refractivity contribution in [2.24, 2.45) is 0 Å². The van der Waals surface area contributed by atoms with Gasteiger partial charge in [-0.3, -0.25) is 0 Å². The van der Waals surface area contributed by atoms with E-state index >= 15 is 0 Å².